The maximum absolute atomic E-state index is 12.6. The Morgan fingerprint density at radius 1 is 1.04 bits per heavy atom. The molecule has 0 radical (unpaired) electrons. The molecule has 2 aromatic rings. The van der Waals surface area contributed by atoms with Crippen LogP contribution in [0.2, 0.25) is 0 Å². The van der Waals surface area contributed by atoms with E-state index < -0.39 is 0 Å². The number of thioether (sulfide) groups is 1. The van der Waals surface area contributed by atoms with Crippen LogP contribution < -0.4 is 9.80 Å². The predicted molar refractivity (Wildman–Crippen MR) is 103 cm³/mol. The summed E-state index contributed by atoms with van der Waals surface area (Å²) in [5.41, 5.74) is 2.92. The van der Waals surface area contributed by atoms with Gasteiger partial charge in [-0.2, -0.15) is 0 Å². The van der Waals surface area contributed by atoms with Crippen LogP contribution in [0.3, 0.4) is 0 Å². The van der Waals surface area contributed by atoms with Gasteiger partial charge in [-0.1, -0.05) is 54.3 Å². The fourth-order valence-corrected chi connectivity index (χ4v) is 3.59. The molecule has 1 amide bonds. The van der Waals surface area contributed by atoms with Gasteiger partial charge in [-0.25, -0.2) is 0 Å². The van der Waals surface area contributed by atoms with Gasteiger partial charge in [-0.15, -0.1) is 0 Å². The van der Waals surface area contributed by atoms with E-state index in [-0.39, 0.29) is 5.91 Å². The summed E-state index contributed by atoms with van der Waals surface area (Å²) >= 11 is 6.71. The number of carbonyl (C=O) groups is 1. The summed E-state index contributed by atoms with van der Waals surface area (Å²) in [5.74, 6) is -0.0668. The molecule has 0 unspecified atom stereocenters. The first kappa shape index (κ1) is 15.8. The van der Waals surface area contributed by atoms with E-state index in [1.54, 1.807) is 4.90 Å². The first-order chi connectivity index (χ1) is 11.1. The van der Waals surface area contributed by atoms with Gasteiger partial charge in [0.2, 0.25) is 0 Å². The second-order valence-electron chi connectivity index (χ2n) is 5.34. The van der Waals surface area contributed by atoms with Crippen molar-refractivity contribution in [3.63, 3.8) is 0 Å². The zero-order chi connectivity index (χ0) is 16.4. The summed E-state index contributed by atoms with van der Waals surface area (Å²) in [6.45, 7) is 0. The number of carbonyl (C=O) groups excluding carboxylic acids is 1. The largest absolute Gasteiger partial charge is 0.378 e. The molecule has 1 aliphatic rings. The molecule has 1 fully saturated rings. The highest BCUT2D eigenvalue weighted by Crippen LogP contribution is 2.35. The molecule has 0 aliphatic carbocycles. The highest BCUT2D eigenvalue weighted by atomic mass is 32.2. The second-order valence-corrected chi connectivity index (χ2v) is 7.01. The lowest BCUT2D eigenvalue weighted by molar-refractivity contribution is -0.113. The van der Waals surface area contributed by atoms with Gasteiger partial charge in [-0.3, -0.25) is 9.69 Å². The number of anilines is 2. The zero-order valence-electron chi connectivity index (χ0n) is 12.9. The lowest BCUT2D eigenvalue weighted by atomic mass is 10.2. The molecule has 0 N–H and O–H groups in total. The van der Waals surface area contributed by atoms with Crippen molar-refractivity contribution in [2.45, 2.75) is 0 Å². The molecule has 0 aromatic heterocycles. The van der Waals surface area contributed by atoms with Crippen molar-refractivity contribution in [3.05, 3.63) is 65.1 Å². The Morgan fingerprint density at radius 2 is 1.70 bits per heavy atom. The standard InChI is InChI=1S/C18H16N2OS2/c1-19(2)14-10-8-13(9-11-14)12-16-17(21)20(18(22)23-16)15-6-4-3-5-7-15/h3-12H,1-2H3/b16-12-. The van der Waals surface area contributed by atoms with Gasteiger partial charge in [0.05, 0.1) is 10.6 Å². The summed E-state index contributed by atoms with van der Waals surface area (Å²) in [7, 11) is 4.00. The molecule has 3 rings (SSSR count). The summed E-state index contributed by atoms with van der Waals surface area (Å²) in [6, 6.07) is 17.6. The highest BCUT2D eigenvalue weighted by molar-refractivity contribution is 8.27. The van der Waals surface area contributed by atoms with Crippen LogP contribution in [0.5, 0.6) is 0 Å². The molecule has 0 spiro atoms. The second kappa shape index (κ2) is 6.56. The number of hydrogen-bond donors (Lipinski definition) is 0. The van der Waals surface area contributed by atoms with E-state index in [1.165, 1.54) is 11.8 Å². The highest BCUT2D eigenvalue weighted by Gasteiger charge is 2.33. The lowest BCUT2D eigenvalue weighted by Crippen LogP contribution is -2.27. The van der Waals surface area contributed by atoms with E-state index in [0.717, 1.165) is 16.9 Å². The van der Waals surface area contributed by atoms with Crippen molar-refractivity contribution in [1.29, 1.82) is 0 Å². The lowest BCUT2D eigenvalue weighted by Gasteiger charge is -2.13. The fraction of sp³-hybridized carbons (Fsp3) is 0.111. The monoisotopic (exact) mass is 340 g/mol. The number of amides is 1. The van der Waals surface area contributed by atoms with Gasteiger partial charge < -0.3 is 4.90 Å². The first-order valence-corrected chi connectivity index (χ1v) is 8.39. The van der Waals surface area contributed by atoms with Crippen LogP contribution in [0.25, 0.3) is 6.08 Å². The molecule has 0 saturated carbocycles. The molecule has 0 bridgehead atoms. The minimum atomic E-state index is -0.0668. The summed E-state index contributed by atoms with van der Waals surface area (Å²) in [6.07, 6.45) is 1.89. The summed E-state index contributed by atoms with van der Waals surface area (Å²) in [5, 5.41) is 0. The van der Waals surface area contributed by atoms with E-state index in [1.807, 2.05) is 79.7 Å². The fourth-order valence-electron chi connectivity index (χ4n) is 2.29. The van der Waals surface area contributed by atoms with Gasteiger partial charge in [0.25, 0.3) is 5.91 Å². The number of para-hydroxylation sites is 1. The Balaban J connectivity index is 1.87. The molecule has 23 heavy (non-hydrogen) atoms. The molecule has 1 saturated heterocycles. The Kier molecular flexibility index (Phi) is 4.50. The molecule has 3 nitrogen and oxygen atoms in total. The number of benzene rings is 2. The van der Waals surface area contributed by atoms with Crippen molar-refractivity contribution in [2.24, 2.45) is 0 Å². The predicted octanol–water partition coefficient (Wildman–Crippen LogP) is 4.16. The first-order valence-electron chi connectivity index (χ1n) is 7.16. The molecule has 1 aliphatic heterocycles. The smallest absolute Gasteiger partial charge is 0.270 e. The van der Waals surface area contributed by atoms with Crippen LogP contribution >= 0.6 is 24.0 Å². The van der Waals surface area contributed by atoms with Crippen molar-refractivity contribution in [2.75, 3.05) is 23.9 Å². The van der Waals surface area contributed by atoms with Crippen LogP contribution in [-0.4, -0.2) is 24.3 Å². The minimum absolute atomic E-state index is 0.0668. The van der Waals surface area contributed by atoms with Crippen LogP contribution in [0.4, 0.5) is 11.4 Å². The average molecular weight is 340 g/mol. The van der Waals surface area contributed by atoms with E-state index >= 15 is 0 Å². The van der Waals surface area contributed by atoms with Crippen LogP contribution in [0.15, 0.2) is 59.5 Å². The number of hydrogen-bond acceptors (Lipinski definition) is 4. The Morgan fingerprint density at radius 3 is 2.30 bits per heavy atom. The quantitative estimate of drug-likeness (QED) is 0.618. The van der Waals surface area contributed by atoms with Gasteiger partial charge in [0.15, 0.2) is 4.32 Å². The summed E-state index contributed by atoms with van der Waals surface area (Å²) < 4.78 is 0.567. The van der Waals surface area contributed by atoms with Gasteiger partial charge in [0.1, 0.15) is 0 Å². The van der Waals surface area contributed by atoms with Gasteiger partial charge in [-0.05, 0) is 35.9 Å². The van der Waals surface area contributed by atoms with E-state index in [4.69, 9.17) is 12.2 Å². The molecule has 5 heteroatoms. The Labute approximate surface area is 145 Å². The third kappa shape index (κ3) is 3.30. The Bertz CT molecular complexity index is 767. The van der Waals surface area contributed by atoms with Crippen molar-refractivity contribution in [3.8, 4) is 0 Å². The third-order valence-corrected chi connectivity index (χ3v) is 4.82. The Hall–Kier alpha value is -2.11. The van der Waals surface area contributed by atoms with E-state index in [2.05, 4.69) is 0 Å². The minimum Gasteiger partial charge on any atom is -0.378 e. The number of rotatable bonds is 3. The van der Waals surface area contributed by atoms with E-state index in [9.17, 15) is 4.79 Å². The zero-order valence-corrected chi connectivity index (χ0v) is 14.5. The normalized spacial score (nSPS) is 16.3. The van der Waals surface area contributed by atoms with Crippen LogP contribution in [0.1, 0.15) is 5.56 Å². The third-order valence-electron chi connectivity index (χ3n) is 3.52. The molecular formula is C18H16N2OS2. The molecular weight excluding hydrogens is 324 g/mol. The molecule has 2 aromatic carbocycles. The average Bonchev–Trinajstić information content (AvgIpc) is 2.82. The van der Waals surface area contributed by atoms with Gasteiger partial charge >= 0.3 is 0 Å². The molecule has 1 heterocycles. The van der Waals surface area contributed by atoms with Crippen molar-refractivity contribution >= 4 is 51.7 Å². The topological polar surface area (TPSA) is 23.6 Å². The van der Waals surface area contributed by atoms with Crippen LogP contribution in [-0.2, 0) is 4.79 Å². The van der Waals surface area contributed by atoms with E-state index in [0.29, 0.717) is 9.23 Å². The number of nitrogens with zero attached hydrogens (tertiary/aromatic N) is 2. The van der Waals surface area contributed by atoms with Crippen molar-refractivity contribution < 1.29 is 4.79 Å². The van der Waals surface area contributed by atoms with Crippen molar-refractivity contribution in [1.82, 2.24) is 0 Å². The molecule has 0 atom stereocenters. The maximum Gasteiger partial charge on any atom is 0.270 e. The van der Waals surface area contributed by atoms with Gasteiger partial charge in [0, 0.05) is 19.8 Å². The van der Waals surface area contributed by atoms with Crippen LogP contribution in [0, 0.1) is 0 Å². The number of thiocarbonyl (C=S) groups is 1. The maximum atomic E-state index is 12.6. The molecule has 116 valence electrons. The summed E-state index contributed by atoms with van der Waals surface area (Å²) in [4.78, 5) is 16.9. The SMILES string of the molecule is CN(C)c1ccc(/C=C2\SC(=S)N(c3ccccc3)C2=O)cc1.